The van der Waals surface area contributed by atoms with E-state index >= 15 is 0 Å². The minimum absolute atomic E-state index is 0.108. The predicted molar refractivity (Wildman–Crippen MR) is 79.4 cm³/mol. The third-order valence-corrected chi connectivity index (χ3v) is 3.49. The number of hydrogen-bond donors (Lipinski definition) is 1. The Morgan fingerprint density at radius 2 is 2.15 bits per heavy atom. The van der Waals surface area contributed by atoms with Gasteiger partial charge in [0, 0.05) is 17.2 Å². The van der Waals surface area contributed by atoms with Crippen molar-refractivity contribution in [1.82, 2.24) is 14.6 Å². The fourth-order valence-corrected chi connectivity index (χ4v) is 2.29. The summed E-state index contributed by atoms with van der Waals surface area (Å²) < 4.78 is 15.6. The molecule has 0 aliphatic heterocycles. The Balaban J connectivity index is 1.77. The van der Waals surface area contributed by atoms with E-state index in [1.807, 2.05) is 18.3 Å². The van der Waals surface area contributed by atoms with Crippen molar-refractivity contribution < 1.29 is 4.39 Å². The molecule has 4 nitrogen and oxygen atoms in total. The number of nitrogens with one attached hydrogen (secondary N) is 1. The summed E-state index contributed by atoms with van der Waals surface area (Å²) in [5.41, 5.74) is 1.60. The van der Waals surface area contributed by atoms with E-state index in [2.05, 4.69) is 31.3 Å². The van der Waals surface area contributed by atoms with Crippen LogP contribution in [0.4, 0.5) is 10.3 Å². The van der Waals surface area contributed by atoms with Crippen LogP contribution in [0.3, 0.4) is 0 Å². The molecule has 102 valence electrons. The van der Waals surface area contributed by atoms with Crippen molar-refractivity contribution in [3.8, 4) is 0 Å². The first-order valence-electron chi connectivity index (χ1n) is 5.81. The molecule has 0 aliphatic rings. The van der Waals surface area contributed by atoms with Crippen molar-refractivity contribution in [1.29, 1.82) is 0 Å². The fraction of sp³-hybridized carbons (Fsp3) is 0.0769. The summed E-state index contributed by atoms with van der Waals surface area (Å²) in [5.74, 6) is 0.0784. The van der Waals surface area contributed by atoms with Crippen molar-refractivity contribution in [3.63, 3.8) is 0 Å². The number of aromatic nitrogens is 3. The topological polar surface area (TPSA) is 42.2 Å². The summed E-state index contributed by atoms with van der Waals surface area (Å²) >= 11 is 9.11. The highest BCUT2D eigenvalue weighted by Gasteiger charge is 2.05. The lowest BCUT2D eigenvalue weighted by molar-refractivity contribution is 0.627. The van der Waals surface area contributed by atoms with E-state index in [1.54, 1.807) is 16.6 Å². The molecule has 0 spiro atoms. The Labute approximate surface area is 127 Å². The summed E-state index contributed by atoms with van der Waals surface area (Å²) in [7, 11) is 0. The van der Waals surface area contributed by atoms with Gasteiger partial charge >= 0.3 is 0 Å². The molecule has 3 rings (SSSR count). The Hall–Kier alpha value is -1.66. The zero-order chi connectivity index (χ0) is 14.1. The number of rotatable bonds is 3. The van der Waals surface area contributed by atoms with Crippen LogP contribution < -0.4 is 5.32 Å². The van der Waals surface area contributed by atoms with Gasteiger partial charge in [-0.25, -0.2) is 8.91 Å². The van der Waals surface area contributed by atoms with E-state index in [9.17, 15) is 4.39 Å². The molecule has 0 aliphatic carbocycles. The van der Waals surface area contributed by atoms with Crippen molar-refractivity contribution in [3.05, 3.63) is 57.4 Å². The van der Waals surface area contributed by atoms with E-state index < -0.39 is 5.82 Å². The van der Waals surface area contributed by atoms with Gasteiger partial charge < -0.3 is 5.32 Å². The van der Waals surface area contributed by atoms with Gasteiger partial charge in [0.2, 0.25) is 5.95 Å². The second-order valence-electron chi connectivity index (χ2n) is 4.19. The molecule has 0 unspecified atom stereocenters. The van der Waals surface area contributed by atoms with Gasteiger partial charge in [0.25, 0.3) is 0 Å². The number of fused-ring (bicyclic) bond motifs is 1. The van der Waals surface area contributed by atoms with E-state index in [1.165, 1.54) is 6.07 Å². The lowest BCUT2D eigenvalue weighted by Gasteiger charge is -2.03. The van der Waals surface area contributed by atoms with Crippen molar-refractivity contribution in [2.45, 2.75) is 6.54 Å². The molecule has 0 bridgehead atoms. The van der Waals surface area contributed by atoms with Crippen molar-refractivity contribution in [2.24, 2.45) is 0 Å². The third kappa shape index (κ3) is 2.76. The molecule has 1 aromatic carbocycles. The maximum absolute atomic E-state index is 13.1. The van der Waals surface area contributed by atoms with Crippen LogP contribution in [0, 0.1) is 5.82 Å². The number of hydrogen-bond acceptors (Lipinski definition) is 3. The molecular formula is C13H9BrClFN4. The highest BCUT2D eigenvalue weighted by molar-refractivity contribution is 9.10. The molecule has 20 heavy (non-hydrogen) atoms. The molecule has 0 saturated heterocycles. The molecule has 1 N–H and O–H groups in total. The largest absolute Gasteiger partial charge is 0.349 e. The van der Waals surface area contributed by atoms with Crippen LogP contribution in [0.1, 0.15) is 5.56 Å². The number of anilines is 1. The van der Waals surface area contributed by atoms with Gasteiger partial charge in [0.05, 0.1) is 5.02 Å². The molecule has 3 aromatic rings. The molecule has 0 saturated carbocycles. The molecule has 2 aromatic heterocycles. The number of halogens is 3. The molecule has 2 heterocycles. The number of pyridine rings is 1. The molecule has 0 radical (unpaired) electrons. The highest BCUT2D eigenvalue weighted by atomic mass is 79.9. The quantitative estimate of drug-likeness (QED) is 0.775. The maximum Gasteiger partial charge on any atom is 0.243 e. The van der Waals surface area contributed by atoms with Crippen molar-refractivity contribution in [2.75, 3.05) is 5.32 Å². The Bertz CT molecular complexity index is 774. The van der Waals surface area contributed by atoms with Gasteiger partial charge in [-0.05, 0) is 45.8 Å². The minimum atomic E-state index is -0.425. The van der Waals surface area contributed by atoms with Gasteiger partial charge in [-0.3, -0.25) is 0 Å². The lowest BCUT2D eigenvalue weighted by Crippen LogP contribution is -2.01. The fourth-order valence-electron chi connectivity index (χ4n) is 1.76. The highest BCUT2D eigenvalue weighted by Crippen LogP contribution is 2.17. The summed E-state index contributed by atoms with van der Waals surface area (Å²) in [5, 5.41) is 7.47. The average Bonchev–Trinajstić information content (AvgIpc) is 2.82. The first-order chi connectivity index (χ1) is 9.61. The van der Waals surface area contributed by atoms with Gasteiger partial charge in [-0.1, -0.05) is 17.7 Å². The summed E-state index contributed by atoms with van der Waals surface area (Å²) in [6.07, 6.45) is 1.82. The van der Waals surface area contributed by atoms with Crippen LogP contribution in [0.25, 0.3) is 5.65 Å². The van der Waals surface area contributed by atoms with Gasteiger partial charge in [0.15, 0.2) is 5.65 Å². The molecular weight excluding hydrogens is 347 g/mol. The average molecular weight is 356 g/mol. The monoisotopic (exact) mass is 354 g/mol. The normalized spacial score (nSPS) is 10.9. The zero-order valence-electron chi connectivity index (χ0n) is 10.1. The van der Waals surface area contributed by atoms with Crippen LogP contribution in [0.5, 0.6) is 0 Å². The van der Waals surface area contributed by atoms with Gasteiger partial charge in [-0.2, -0.15) is 4.98 Å². The molecule has 7 heteroatoms. The second-order valence-corrected chi connectivity index (χ2v) is 5.51. The van der Waals surface area contributed by atoms with Crippen molar-refractivity contribution >= 4 is 39.1 Å². The molecule has 0 fully saturated rings. The van der Waals surface area contributed by atoms with E-state index in [0.29, 0.717) is 12.5 Å². The number of benzene rings is 1. The molecule has 0 amide bonds. The van der Waals surface area contributed by atoms with E-state index in [4.69, 9.17) is 11.6 Å². The van der Waals surface area contributed by atoms with E-state index in [0.717, 1.165) is 15.7 Å². The van der Waals surface area contributed by atoms with Crippen LogP contribution >= 0.6 is 27.5 Å². The first-order valence-corrected chi connectivity index (χ1v) is 6.99. The van der Waals surface area contributed by atoms with Gasteiger partial charge in [-0.15, -0.1) is 5.10 Å². The third-order valence-electron chi connectivity index (χ3n) is 2.73. The predicted octanol–water partition coefficient (Wildman–Crippen LogP) is 3.90. The summed E-state index contributed by atoms with van der Waals surface area (Å²) in [6, 6.07) is 8.34. The standard InChI is InChI=1S/C13H9BrClFN4/c14-9-2-4-12-18-13(19-20(12)7-9)17-6-8-1-3-11(16)10(15)5-8/h1-5,7H,6H2,(H,17,19). The van der Waals surface area contributed by atoms with Crippen LogP contribution in [0.15, 0.2) is 41.0 Å². The zero-order valence-corrected chi connectivity index (χ0v) is 12.5. The molecule has 0 atom stereocenters. The van der Waals surface area contributed by atoms with Crippen LogP contribution in [0.2, 0.25) is 5.02 Å². The minimum Gasteiger partial charge on any atom is -0.349 e. The first kappa shape index (κ1) is 13.3. The number of nitrogens with zero attached hydrogens (tertiary/aromatic N) is 3. The van der Waals surface area contributed by atoms with E-state index in [-0.39, 0.29) is 5.02 Å². The Morgan fingerprint density at radius 3 is 2.95 bits per heavy atom. The smallest absolute Gasteiger partial charge is 0.243 e. The Kier molecular flexibility index (Phi) is 3.58. The van der Waals surface area contributed by atoms with Crippen LogP contribution in [-0.2, 0) is 6.54 Å². The summed E-state index contributed by atoms with van der Waals surface area (Å²) in [4.78, 5) is 4.32. The SMILES string of the molecule is Fc1ccc(CNc2nc3ccc(Br)cn3n2)cc1Cl. The second kappa shape index (κ2) is 5.38. The lowest BCUT2D eigenvalue weighted by atomic mass is 10.2. The van der Waals surface area contributed by atoms with Gasteiger partial charge in [0.1, 0.15) is 5.82 Å². The maximum atomic E-state index is 13.1. The Morgan fingerprint density at radius 1 is 1.30 bits per heavy atom. The summed E-state index contributed by atoms with van der Waals surface area (Å²) in [6.45, 7) is 0.470. The van der Waals surface area contributed by atoms with Crippen LogP contribution in [-0.4, -0.2) is 14.6 Å².